The van der Waals surface area contributed by atoms with Crippen molar-refractivity contribution in [3.8, 4) is 24.2 Å². The number of anilines is 1. The Morgan fingerprint density at radius 3 is 2.70 bits per heavy atom. The molecule has 2 aromatic rings. The quantitative estimate of drug-likeness (QED) is 0.614. The summed E-state index contributed by atoms with van der Waals surface area (Å²) < 4.78 is 1.56. The summed E-state index contributed by atoms with van der Waals surface area (Å²) in [4.78, 5) is 12.6. The average molecular weight is 330 g/mol. The minimum absolute atomic E-state index is 0.188. The van der Waals surface area contributed by atoms with Crippen molar-refractivity contribution < 1.29 is 5.11 Å². The van der Waals surface area contributed by atoms with Gasteiger partial charge in [0.05, 0.1) is 6.54 Å². The molecule has 7 heteroatoms. The first-order chi connectivity index (χ1) is 11.0. The van der Waals surface area contributed by atoms with Crippen LogP contribution in [0, 0.1) is 24.2 Å². The fraction of sp³-hybridized carbons (Fsp3) is 0.438. The van der Waals surface area contributed by atoms with Crippen LogP contribution in [0.3, 0.4) is 0 Å². The minimum atomic E-state index is -0.970. The molecule has 1 fully saturated rings. The van der Waals surface area contributed by atoms with Crippen LogP contribution in [0.25, 0.3) is 11.2 Å². The van der Waals surface area contributed by atoms with E-state index >= 15 is 0 Å². The zero-order valence-electron chi connectivity index (χ0n) is 12.5. The lowest BCUT2D eigenvalue weighted by atomic mass is 9.85. The minimum Gasteiger partial charge on any atom is -0.382 e. The van der Waals surface area contributed by atoms with E-state index in [1.165, 1.54) is 0 Å². The van der Waals surface area contributed by atoms with Crippen molar-refractivity contribution in [1.29, 1.82) is 0 Å². The Hall–Kier alpha value is -2.28. The molecule has 23 heavy (non-hydrogen) atoms. The van der Waals surface area contributed by atoms with Crippen LogP contribution >= 0.6 is 11.6 Å². The number of halogens is 1. The van der Waals surface area contributed by atoms with Crippen LogP contribution in [0.4, 0.5) is 5.82 Å². The molecule has 3 rings (SSSR count). The largest absolute Gasteiger partial charge is 0.382 e. The van der Waals surface area contributed by atoms with E-state index < -0.39 is 5.60 Å². The number of hydrogen-bond donors (Lipinski definition) is 2. The molecule has 1 aliphatic rings. The number of nitrogens with zero attached hydrogens (tertiary/aromatic N) is 4. The summed E-state index contributed by atoms with van der Waals surface area (Å²) in [5.74, 6) is 8.62. The Bertz CT molecular complexity index is 849. The second-order valence-electron chi connectivity index (χ2n) is 5.62. The topological polar surface area (TPSA) is 89.9 Å². The molecule has 0 radical (unpaired) electrons. The monoisotopic (exact) mass is 329 g/mol. The Morgan fingerprint density at radius 2 is 2.00 bits per heavy atom. The van der Waals surface area contributed by atoms with E-state index in [2.05, 4.69) is 32.7 Å². The van der Waals surface area contributed by atoms with Gasteiger partial charge in [-0.1, -0.05) is 18.3 Å². The molecule has 1 aliphatic carbocycles. The summed E-state index contributed by atoms with van der Waals surface area (Å²) in [6.07, 6.45) is 9.74. The van der Waals surface area contributed by atoms with E-state index in [4.69, 9.17) is 23.8 Å². The highest BCUT2D eigenvalue weighted by atomic mass is 35.5. The maximum absolute atomic E-state index is 10.4. The Balaban J connectivity index is 2.03. The van der Waals surface area contributed by atoms with Crippen LogP contribution in [0.15, 0.2) is 0 Å². The van der Waals surface area contributed by atoms with Gasteiger partial charge in [0, 0.05) is 0 Å². The number of aliphatic hydroxyl groups is 1. The molecule has 0 aromatic carbocycles. The van der Waals surface area contributed by atoms with E-state index in [-0.39, 0.29) is 23.5 Å². The van der Waals surface area contributed by atoms with E-state index in [1.807, 2.05) is 0 Å². The first kappa shape index (κ1) is 15.6. The molecule has 0 amide bonds. The number of hydrogen-bond acceptors (Lipinski definition) is 5. The standard InChI is InChI=1S/C16H16ClN5O/c1-2-10-22-14-12(21-15(22)17)13(18)19-11(20-14)6-9-16(23)7-4-3-5-8-16/h1,23H,3-5,7-8,10H2,(H2,18,19,20). The number of imidazole rings is 1. The summed E-state index contributed by atoms with van der Waals surface area (Å²) in [7, 11) is 0. The van der Waals surface area contributed by atoms with E-state index in [1.54, 1.807) is 4.57 Å². The van der Waals surface area contributed by atoms with Crippen molar-refractivity contribution in [3.05, 3.63) is 11.1 Å². The summed E-state index contributed by atoms with van der Waals surface area (Å²) in [5, 5.41) is 10.6. The first-order valence-electron chi connectivity index (χ1n) is 7.41. The summed E-state index contributed by atoms with van der Waals surface area (Å²) in [6, 6.07) is 0. The molecule has 3 N–H and O–H groups in total. The molecule has 2 heterocycles. The van der Waals surface area contributed by atoms with Gasteiger partial charge < -0.3 is 10.8 Å². The van der Waals surface area contributed by atoms with Gasteiger partial charge in [0.15, 0.2) is 17.0 Å². The number of aromatic nitrogens is 4. The molecule has 0 spiro atoms. The van der Waals surface area contributed by atoms with Crippen LogP contribution in [-0.2, 0) is 6.54 Å². The van der Waals surface area contributed by atoms with Crippen LogP contribution < -0.4 is 5.73 Å². The molecule has 0 saturated heterocycles. The Morgan fingerprint density at radius 1 is 1.26 bits per heavy atom. The van der Waals surface area contributed by atoms with Crippen LogP contribution in [0.2, 0.25) is 5.28 Å². The van der Waals surface area contributed by atoms with Gasteiger partial charge in [-0.25, -0.2) is 15.0 Å². The van der Waals surface area contributed by atoms with Crippen molar-refractivity contribution in [3.63, 3.8) is 0 Å². The third kappa shape index (κ3) is 3.10. The van der Waals surface area contributed by atoms with Crippen molar-refractivity contribution in [2.45, 2.75) is 44.2 Å². The van der Waals surface area contributed by atoms with Gasteiger partial charge in [-0.15, -0.1) is 6.42 Å². The molecule has 1 saturated carbocycles. The fourth-order valence-electron chi connectivity index (χ4n) is 2.72. The van der Waals surface area contributed by atoms with E-state index in [9.17, 15) is 5.11 Å². The molecule has 2 aromatic heterocycles. The molecule has 6 nitrogen and oxygen atoms in total. The predicted molar refractivity (Wildman–Crippen MR) is 88.5 cm³/mol. The zero-order chi connectivity index (χ0) is 16.4. The molecule has 0 atom stereocenters. The number of fused-ring (bicyclic) bond motifs is 1. The van der Waals surface area contributed by atoms with E-state index in [0.717, 1.165) is 19.3 Å². The van der Waals surface area contributed by atoms with Crippen molar-refractivity contribution in [2.75, 3.05) is 5.73 Å². The van der Waals surface area contributed by atoms with Gasteiger partial charge in [0.2, 0.25) is 11.1 Å². The number of terminal acetylenes is 1. The van der Waals surface area contributed by atoms with Crippen molar-refractivity contribution in [2.24, 2.45) is 0 Å². The first-order valence-corrected chi connectivity index (χ1v) is 7.78. The van der Waals surface area contributed by atoms with Gasteiger partial charge in [0.1, 0.15) is 5.60 Å². The van der Waals surface area contributed by atoms with Crippen LogP contribution in [0.5, 0.6) is 0 Å². The SMILES string of the molecule is C#CCn1c(Cl)nc2c(N)nc(C#CC3(O)CCCCC3)nc21. The predicted octanol–water partition coefficient (Wildman–Crippen LogP) is 1.74. The third-order valence-electron chi connectivity index (χ3n) is 3.91. The van der Waals surface area contributed by atoms with Crippen molar-refractivity contribution in [1.82, 2.24) is 19.5 Å². The molecule has 0 unspecified atom stereocenters. The van der Waals surface area contributed by atoms with Gasteiger partial charge in [-0.05, 0) is 43.2 Å². The molecule has 0 bridgehead atoms. The van der Waals surface area contributed by atoms with Gasteiger partial charge in [0.25, 0.3) is 0 Å². The van der Waals surface area contributed by atoms with Crippen molar-refractivity contribution >= 4 is 28.6 Å². The maximum Gasteiger partial charge on any atom is 0.209 e. The normalized spacial score (nSPS) is 16.6. The second-order valence-corrected chi connectivity index (χ2v) is 5.96. The molecule has 118 valence electrons. The number of rotatable bonds is 1. The molecular weight excluding hydrogens is 314 g/mol. The summed E-state index contributed by atoms with van der Waals surface area (Å²) in [5.41, 5.74) is 5.78. The van der Waals surface area contributed by atoms with Gasteiger partial charge >= 0.3 is 0 Å². The third-order valence-corrected chi connectivity index (χ3v) is 4.20. The summed E-state index contributed by atoms with van der Waals surface area (Å²) >= 11 is 6.05. The zero-order valence-corrected chi connectivity index (χ0v) is 13.3. The van der Waals surface area contributed by atoms with Crippen LogP contribution in [0.1, 0.15) is 37.9 Å². The second kappa shape index (κ2) is 6.08. The molecular formula is C16H16ClN5O. The highest BCUT2D eigenvalue weighted by Gasteiger charge is 2.26. The number of nitrogens with two attached hydrogens (primary N) is 1. The lowest BCUT2D eigenvalue weighted by molar-refractivity contribution is 0.0610. The van der Waals surface area contributed by atoms with Gasteiger partial charge in [-0.2, -0.15) is 0 Å². The van der Waals surface area contributed by atoms with Gasteiger partial charge in [-0.3, -0.25) is 4.57 Å². The smallest absolute Gasteiger partial charge is 0.209 e. The van der Waals surface area contributed by atoms with E-state index in [0.29, 0.717) is 24.0 Å². The number of nitrogen functional groups attached to an aromatic ring is 1. The lowest BCUT2D eigenvalue weighted by Crippen LogP contribution is -2.29. The molecule has 0 aliphatic heterocycles. The fourth-order valence-corrected chi connectivity index (χ4v) is 2.94. The highest BCUT2D eigenvalue weighted by molar-refractivity contribution is 6.29. The maximum atomic E-state index is 10.4. The lowest BCUT2D eigenvalue weighted by Gasteiger charge is -2.26. The Kier molecular flexibility index (Phi) is 4.12. The Labute approximate surface area is 139 Å². The average Bonchev–Trinajstić information content (AvgIpc) is 2.84. The van der Waals surface area contributed by atoms with Crippen LogP contribution in [-0.4, -0.2) is 30.2 Å². The summed E-state index contributed by atoms with van der Waals surface area (Å²) in [6.45, 7) is 0.225. The highest BCUT2D eigenvalue weighted by Crippen LogP contribution is 2.27.